The van der Waals surface area contributed by atoms with Crippen LogP contribution in [0, 0.1) is 6.92 Å². The van der Waals surface area contributed by atoms with Crippen molar-refractivity contribution >= 4 is 22.9 Å². The van der Waals surface area contributed by atoms with Crippen molar-refractivity contribution in [3.63, 3.8) is 0 Å². The minimum Gasteiger partial charge on any atom is -0.132 e. The van der Waals surface area contributed by atoms with Crippen LogP contribution in [-0.2, 0) is 6.42 Å². The summed E-state index contributed by atoms with van der Waals surface area (Å²) in [4.78, 5) is 0. The fraction of sp³-hybridized carbons (Fsp3) is 0.444. The highest BCUT2D eigenvalue weighted by atomic mass is 35.5. The van der Waals surface area contributed by atoms with Crippen LogP contribution in [0.2, 0.25) is 4.34 Å². The zero-order valence-corrected chi connectivity index (χ0v) is 8.05. The van der Waals surface area contributed by atoms with Gasteiger partial charge in [0.15, 0.2) is 0 Å². The Morgan fingerprint density at radius 1 is 1.45 bits per heavy atom. The first-order valence-electron chi connectivity index (χ1n) is 3.85. The van der Waals surface area contributed by atoms with Crippen LogP contribution in [0.3, 0.4) is 0 Å². The van der Waals surface area contributed by atoms with Gasteiger partial charge in [0.25, 0.3) is 0 Å². The van der Waals surface area contributed by atoms with Crippen molar-refractivity contribution in [1.82, 2.24) is 0 Å². The highest BCUT2D eigenvalue weighted by Crippen LogP contribution is 2.24. The molecule has 1 heterocycles. The summed E-state index contributed by atoms with van der Waals surface area (Å²) in [5.41, 5.74) is 1.30. The molecule has 0 aliphatic rings. The van der Waals surface area contributed by atoms with E-state index in [-0.39, 0.29) is 0 Å². The van der Waals surface area contributed by atoms with Gasteiger partial charge in [0, 0.05) is 0 Å². The molecule has 0 bridgehead atoms. The number of unbranched alkanes of at least 4 members (excludes halogenated alkanes) is 2. The molecule has 1 radical (unpaired) electrons. The number of aryl methyl sites for hydroxylation is 1. The molecular formula is C9H12ClS. The molecule has 2 heteroatoms. The number of rotatable bonds is 4. The first-order valence-corrected chi connectivity index (χ1v) is 5.11. The molecule has 61 valence electrons. The number of hydrogen-bond donors (Lipinski definition) is 0. The van der Waals surface area contributed by atoms with Gasteiger partial charge in [-0.1, -0.05) is 31.4 Å². The Hall–Kier alpha value is -0.0100. The maximum Gasteiger partial charge on any atom is 0.0960 e. The standard InChI is InChI=1S/C9H12ClS/c1-2-3-4-5-8-6-7-11-9(8)10/h6-7H,1-5H2. The normalized spacial score (nSPS) is 10.4. The van der Waals surface area contributed by atoms with Gasteiger partial charge >= 0.3 is 0 Å². The Bertz CT molecular complexity index is 205. The number of hydrogen-bond acceptors (Lipinski definition) is 1. The molecule has 0 N–H and O–H groups in total. The molecule has 0 aliphatic carbocycles. The van der Waals surface area contributed by atoms with E-state index in [4.69, 9.17) is 11.6 Å². The van der Waals surface area contributed by atoms with Crippen molar-refractivity contribution in [2.24, 2.45) is 0 Å². The summed E-state index contributed by atoms with van der Waals surface area (Å²) in [6.07, 6.45) is 4.55. The maximum atomic E-state index is 5.92. The fourth-order valence-electron chi connectivity index (χ4n) is 0.991. The van der Waals surface area contributed by atoms with Gasteiger partial charge in [-0.25, -0.2) is 0 Å². The molecule has 1 aromatic rings. The SMILES string of the molecule is [CH2]CCCCc1ccsc1Cl. The number of halogens is 1. The summed E-state index contributed by atoms with van der Waals surface area (Å²) in [6.45, 7) is 3.80. The first-order chi connectivity index (χ1) is 5.34. The van der Waals surface area contributed by atoms with Gasteiger partial charge < -0.3 is 0 Å². The highest BCUT2D eigenvalue weighted by Gasteiger charge is 1.99. The Morgan fingerprint density at radius 3 is 2.82 bits per heavy atom. The average Bonchev–Trinajstić information content (AvgIpc) is 2.37. The van der Waals surface area contributed by atoms with E-state index in [2.05, 4.69) is 13.0 Å². The lowest BCUT2D eigenvalue weighted by molar-refractivity contribution is 0.747. The largest absolute Gasteiger partial charge is 0.132 e. The van der Waals surface area contributed by atoms with Crippen LogP contribution in [0.5, 0.6) is 0 Å². The Morgan fingerprint density at radius 2 is 2.27 bits per heavy atom. The van der Waals surface area contributed by atoms with Crippen LogP contribution < -0.4 is 0 Å². The zero-order chi connectivity index (χ0) is 8.10. The van der Waals surface area contributed by atoms with Gasteiger partial charge in [-0.3, -0.25) is 0 Å². The van der Waals surface area contributed by atoms with Crippen LogP contribution in [0.4, 0.5) is 0 Å². The molecule has 0 amide bonds. The van der Waals surface area contributed by atoms with Crippen LogP contribution in [0.25, 0.3) is 0 Å². The minimum absolute atomic E-state index is 0.953. The molecule has 0 saturated carbocycles. The summed E-state index contributed by atoms with van der Waals surface area (Å²) < 4.78 is 0.953. The molecule has 0 spiro atoms. The maximum absolute atomic E-state index is 5.92. The van der Waals surface area contributed by atoms with Gasteiger partial charge in [-0.05, 0) is 29.9 Å². The highest BCUT2D eigenvalue weighted by molar-refractivity contribution is 7.14. The molecule has 0 saturated heterocycles. The van der Waals surface area contributed by atoms with Crippen molar-refractivity contribution < 1.29 is 0 Å². The summed E-state index contributed by atoms with van der Waals surface area (Å²) in [6, 6.07) is 2.11. The summed E-state index contributed by atoms with van der Waals surface area (Å²) in [5.74, 6) is 0. The second-order valence-corrected chi connectivity index (χ2v) is 4.05. The number of thiophene rings is 1. The predicted molar refractivity (Wildman–Crippen MR) is 52.2 cm³/mol. The molecule has 0 fully saturated rings. The molecule has 0 aliphatic heterocycles. The second-order valence-electron chi connectivity index (χ2n) is 2.53. The summed E-state index contributed by atoms with van der Waals surface area (Å²) in [7, 11) is 0. The fourth-order valence-corrected chi connectivity index (χ4v) is 1.98. The smallest absolute Gasteiger partial charge is 0.0960 e. The summed E-state index contributed by atoms with van der Waals surface area (Å²) in [5, 5.41) is 2.04. The molecule has 0 nitrogen and oxygen atoms in total. The molecule has 1 aromatic heterocycles. The van der Waals surface area contributed by atoms with Crippen LogP contribution in [0.1, 0.15) is 24.8 Å². The third-order valence-corrected chi connectivity index (χ3v) is 2.89. The van der Waals surface area contributed by atoms with E-state index in [9.17, 15) is 0 Å². The molecular weight excluding hydrogens is 176 g/mol. The van der Waals surface area contributed by atoms with Crippen molar-refractivity contribution in [1.29, 1.82) is 0 Å². The molecule has 0 unspecified atom stereocenters. The second kappa shape index (κ2) is 4.78. The predicted octanol–water partition coefficient (Wildman–Crippen LogP) is 3.95. The molecule has 0 atom stereocenters. The van der Waals surface area contributed by atoms with E-state index in [0.29, 0.717) is 0 Å². The minimum atomic E-state index is 0.953. The van der Waals surface area contributed by atoms with Crippen molar-refractivity contribution in [2.75, 3.05) is 0 Å². The third-order valence-electron chi connectivity index (χ3n) is 1.64. The van der Waals surface area contributed by atoms with Crippen LogP contribution >= 0.6 is 22.9 Å². The quantitative estimate of drug-likeness (QED) is 0.627. The van der Waals surface area contributed by atoms with Crippen LogP contribution in [0.15, 0.2) is 11.4 Å². The van der Waals surface area contributed by atoms with Crippen molar-refractivity contribution in [2.45, 2.75) is 25.7 Å². The summed E-state index contributed by atoms with van der Waals surface area (Å²) >= 11 is 7.53. The lowest BCUT2D eigenvalue weighted by Gasteiger charge is -1.96. The molecule has 11 heavy (non-hydrogen) atoms. The first kappa shape index (κ1) is 9.08. The Balaban J connectivity index is 2.32. The van der Waals surface area contributed by atoms with Crippen molar-refractivity contribution in [3.8, 4) is 0 Å². The van der Waals surface area contributed by atoms with E-state index in [1.165, 1.54) is 18.4 Å². The van der Waals surface area contributed by atoms with Gasteiger partial charge in [-0.15, -0.1) is 11.3 Å². The Kier molecular flexibility index (Phi) is 3.95. The monoisotopic (exact) mass is 187 g/mol. The zero-order valence-electron chi connectivity index (χ0n) is 6.48. The lowest BCUT2D eigenvalue weighted by Crippen LogP contribution is -1.81. The van der Waals surface area contributed by atoms with Crippen molar-refractivity contribution in [3.05, 3.63) is 28.3 Å². The van der Waals surface area contributed by atoms with Gasteiger partial charge in [0.1, 0.15) is 0 Å². The molecule has 1 rings (SSSR count). The Labute approximate surface area is 77.2 Å². The van der Waals surface area contributed by atoms with E-state index < -0.39 is 0 Å². The topological polar surface area (TPSA) is 0 Å². The van der Waals surface area contributed by atoms with E-state index in [1.54, 1.807) is 11.3 Å². The molecule has 0 aromatic carbocycles. The average molecular weight is 188 g/mol. The van der Waals surface area contributed by atoms with E-state index in [0.717, 1.165) is 17.2 Å². The van der Waals surface area contributed by atoms with Gasteiger partial charge in [0.05, 0.1) is 4.34 Å². The van der Waals surface area contributed by atoms with Crippen LogP contribution in [-0.4, -0.2) is 0 Å². The van der Waals surface area contributed by atoms with Gasteiger partial charge in [-0.2, -0.15) is 0 Å². The van der Waals surface area contributed by atoms with E-state index in [1.807, 2.05) is 5.38 Å². The van der Waals surface area contributed by atoms with E-state index >= 15 is 0 Å². The third kappa shape index (κ3) is 2.84. The lowest BCUT2D eigenvalue weighted by atomic mass is 10.1. The van der Waals surface area contributed by atoms with Gasteiger partial charge in [0.2, 0.25) is 0 Å².